The third kappa shape index (κ3) is 2.49. The van der Waals surface area contributed by atoms with Gasteiger partial charge in [-0.05, 0) is 25.0 Å². The third-order valence-electron chi connectivity index (χ3n) is 3.55. The van der Waals surface area contributed by atoms with Gasteiger partial charge in [-0.2, -0.15) is 0 Å². The molecule has 6 heteroatoms. The molecule has 2 amide bonds. The zero-order chi connectivity index (χ0) is 13.9. The first-order chi connectivity index (χ1) is 9.74. The van der Waals surface area contributed by atoms with Gasteiger partial charge >= 0.3 is 6.03 Å². The molecule has 0 saturated heterocycles. The van der Waals surface area contributed by atoms with Crippen molar-refractivity contribution >= 4 is 17.4 Å². The molecule has 1 saturated carbocycles. The zero-order valence-corrected chi connectivity index (χ0v) is 11.0. The van der Waals surface area contributed by atoms with E-state index in [1.54, 1.807) is 18.3 Å². The van der Waals surface area contributed by atoms with Crippen LogP contribution in [0.1, 0.15) is 25.7 Å². The van der Waals surface area contributed by atoms with Crippen LogP contribution in [0.25, 0.3) is 5.65 Å². The number of hydrogen-bond donors (Lipinski definition) is 2. The molecule has 0 spiro atoms. The van der Waals surface area contributed by atoms with E-state index in [9.17, 15) is 9.59 Å². The minimum atomic E-state index is -0.341. The van der Waals surface area contributed by atoms with Gasteiger partial charge in [-0.25, -0.2) is 9.78 Å². The second-order valence-corrected chi connectivity index (χ2v) is 4.99. The predicted octanol–water partition coefficient (Wildman–Crippen LogP) is 1.76. The molecule has 2 heterocycles. The molecule has 1 aliphatic rings. The van der Waals surface area contributed by atoms with Gasteiger partial charge in [0.25, 0.3) is 5.56 Å². The molecule has 0 aliphatic heterocycles. The summed E-state index contributed by atoms with van der Waals surface area (Å²) >= 11 is 0. The number of aromatic nitrogens is 2. The standard InChI is InChI=1S/C14H16N4O2/c19-13-11(9-15-12-7-3-4-8-18(12)13)17-14(20)16-10-5-1-2-6-10/h3-4,7-10H,1-2,5-6H2,(H2,16,17,20). The Morgan fingerprint density at radius 3 is 2.90 bits per heavy atom. The van der Waals surface area contributed by atoms with Crippen molar-refractivity contribution in [2.24, 2.45) is 0 Å². The van der Waals surface area contributed by atoms with Crippen molar-refractivity contribution in [1.82, 2.24) is 14.7 Å². The molecule has 2 N–H and O–H groups in total. The van der Waals surface area contributed by atoms with Crippen LogP contribution in [0.4, 0.5) is 10.5 Å². The highest BCUT2D eigenvalue weighted by molar-refractivity contribution is 5.89. The highest BCUT2D eigenvalue weighted by Gasteiger charge is 2.17. The highest BCUT2D eigenvalue weighted by atomic mass is 16.2. The van der Waals surface area contributed by atoms with Gasteiger partial charge in [-0.3, -0.25) is 9.20 Å². The van der Waals surface area contributed by atoms with E-state index in [4.69, 9.17) is 0 Å². The smallest absolute Gasteiger partial charge is 0.319 e. The van der Waals surface area contributed by atoms with Crippen molar-refractivity contribution in [2.45, 2.75) is 31.7 Å². The number of carbonyl (C=O) groups is 1. The van der Waals surface area contributed by atoms with Crippen molar-refractivity contribution in [3.63, 3.8) is 0 Å². The number of hydrogen-bond acceptors (Lipinski definition) is 3. The maximum absolute atomic E-state index is 12.2. The fraction of sp³-hybridized carbons (Fsp3) is 0.357. The van der Waals surface area contributed by atoms with E-state index >= 15 is 0 Å². The number of fused-ring (bicyclic) bond motifs is 1. The normalized spacial score (nSPS) is 15.4. The number of pyridine rings is 1. The Balaban J connectivity index is 1.78. The molecule has 1 aliphatic carbocycles. The van der Waals surface area contributed by atoms with Crippen LogP contribution < -0.4 is 16.2 Å². The van der Waals surface area contributed by atoms with Gasteiger partial charge < -0.3 is 10.6 Å². The van der Waals surface area contributed by atoms with Crippen LogP contribution >= 0.6 is 0 Å². The lowest BCUT2D eigenvalue weighted by Gasteiger charge is -2.12. The Morgan fingerprint density at radius 1 is 1.30 bits per heavy atom. The number of nitrogens with one attached hydrogen (secondary N) is 2. The monoisotopic (exact) mass is 272 g/mol. The summed E-state index contributed by atoms with van der Waals surface area (Å²) in [5.41, 5.74) is 0.459. The van der Waals surface area contributed by atoms with Crippen LogP contribution in [-0.2, 0) is 0 Å². The molecular formula is C14H16N4O2. The summed E-state index contributed by atoms with van der Waals surface area (Å²) in [4.78, 5) is 28.2. The predicted molar refractivity (Wildman–Crippen MR) is 75.9 cm³/mol. The van der Waals surface area contributed by atoms with E-state index < -0.39 is 0 Å². The first-order valence-corrected chi connectivity index (χ1v) is 6.78. The average molecular weight is 272 g/mol. The Hall–Kier alpha value is -2.37. The molecule has 2 aromatic heterocycles. The minimum absolute atomic E-state index is 0.184. The Morgan fingerprint density at radius 2 is 2.10 bits per heavy atom. The molecule has 2 aromatic rings. The van der Waals surface area contributed by atoms with Gasteiger partial charge in [-0.15, -0.1) is 0 Å². The van der Waals surface area contributed by atoms with E-state index in [0.717, 1.165) is 25.7 Å². The quantitative estimate of drug-likeness (QED) is 0.874. The summed E-state index contributed by atoms with van der Waals surface area (Å²) in [5, 5.41) is 5.46. The van der Waals surface area contributed by atoms with Crippen molar-refractivity contribution in [3.8, 4) is 0 Å². The fourth-order valence-electron chi connectivity index (χ4n) is 2.53. The van der Waals surface area contributed by atoms with E-state index in [1.165, 1.54) is 10.6 Å². The second-order valence-electron chi connectivity index (χ2n) is 4.99. The summed E-state index contributed by atoms with van der Waals surface area (Å²) < 4.78 is 1.41. The highest BCUT2D eigenvalue weighted by Crippen LogP contribution is 2.17. The van der Waals surface area contributed by atoms with Crippen molar-refractivity contribution in [3.05, 3.63) is 40.9 Å². The van der Waals surface area contributed by atoms with Gasteiger partial charge in [0.15, 0.2) is 0 Å². The number of nitrogens with zero attached hydrogens (tertiary/aromatic N) is 2. The summed E-state index contributed by atoms with van der Waals surface area (Å²) in [6, 6.07) is 5.17. The fourth-order valence-corrected chi connectivity index (χ4v) is 2.53. The first-order valence-electron chi connectivity index (χ1n) is 6.78. The van der Waals surface area contributed by atoms with Crippen LogP contribution in [0.5, 0.6) is 0 Å². The lowest BCUT2D eigenvalue weighted by Crippen LogP contribution is -2.37. The zero-order valence-electron chi connectivity index (χ0n) is 11.0. The number of amides is 2. The SMILES string of the molecule is O=C(Nc1cnc2ccccn2c1=O)NC1CCCC1. The van der Waals surface area contributed by atoms with E-state index in [2.05, 4.69) is 15.6 Å². The number of rotatable bonds is 2. The van der Waals surface area contributed by atoms with Gasteiger partial charge in [0.05, 0.1) is 6.20 Å². The molecule has 0 aromatic carbocycles. The largest absolute Gasteiger partial charge is 0.335 e. The molecule has 1 fully saturated rings. The van der Waals surface area contributed by atoms with E-state index in [1.807, 2.05) is 6.07 Å². The lowest BCUT2D eigenvalue weighted by molar-refractivity contribution is 0.248. The van der Waals surface area contributed by atoms with Gasteiger partial charge in [0, 0.05) is 12.2 Å². The number of urea groups is 1. The maximum atomic E-state index is 12.2. The average Bonchev–Trinajstić information content (AvgIpc) is 2.95. The maximum Gasteiger partial charge on any atom is 0.319 e. The topological polar surface area (TPSA) is 75.5 Å². The minimum Gasteiger partial charge on any atom is -0.335 e. The molecule has 0 unspecified atom stereocenters. The second kappa shape index (κ2) is 5.32. The molecule has 6 nitrogen and oxygen atoms in total. The summed E-state index contributed by atoms with van der Waals surface area (Å²) in [7, 11) is 0. The van der Waals surface area contributed by atoms with Crippen LogP contribution in [-0.4, -0.2) is 21.5 Å². The first kappa shape index (κ1) is 12.7. The Bertz CT molecular complexity index is 689. The van der Waals surface area contributed by atoms with Crippen LogP contribution in [0.15, 0.2) is 35.4 Å². The van der Waals surface area contributed by atoms with Crippen molar-refractivity contribution in [2.75, 3.05) is 5.32 Å². The van der Waals surface area contributed by atoms with E-state index in [0.29, 0.717) is 5.65 Å². The van der Waals surface area contributed by atoms with Gasteiger partial charge in [0.2, 0.25) is 0 Å². The Labute approximate surface area is 115 Å². The van der Waals surface area contributed by atoms with Gasteiger partial charge in [0.1, 0.15) is 11.3 Å². The Kier molecular flexibility index (Phi) is 3.37. The summed E-state index contributed by atoms with van der Waals surface area (Å²) in [5.74, 6) is 0. The third-order valence-corrected chi connectivity index (χ3v) is 3.55. The molecule has 0 radical (unpaired) electrons. The van der Waals surface area contributed by atoms with Crippen molar-refractivity contribution < 1.29 is 4.79 Å². The lowest BCUT2D eigenvalue weighted by atomic mass is 10.2. The van der Waals surface area contributed by atoms with Crippen LogP contribution in [0.3, 0.4) is 0 Å². The number of anilines is 1. The number of carbonyl (C=O) groups excluding carboxylic acids is 1. The molecule has 20 heavy (non-hydrogen) atoms. The summed E-state index contributed by atoms with van der Waals surface area (Å²) in [6.45, 7) is 0. The van der Waals surface area contributed by atoms with Crippen molar-refractivity contribution in [1.29, 1.82) is 0 Å². The van der Waals surface area contributed by atoms with Crippen LogP contribution in [0.2, 0.25) is 0 Å². The molecule has 104 valence electrons. The summed E-state index contributed by atoms with van der Waals surface area (Å²) in [6.07, 6.45) is 7.32. The molecular weight excluding hydrogens is 256 g/mol. The van der Waals surface area contributed by atoms with Gasteiger partial charge in [-0.1, -0.05) is 18.9 Å². The molecule has 3 rings (SSSR count). The molecule has 0 bridgehead atoms. The van der Waals surface area contributed by atoms with Crippen LogP contribution in [0, 0.1) is 0 Å². The van der Waals surface area contributed by atoms with E-state index in [-0.39, 0.29) is 23.3 Å². The molecule has 0 atom stereocenters.